The van der Waals surface area contributed by atoms with Crippen molar-refractivity contribution in [2.45, 2.75) is 13.0 Å². The first kappa shape index (κ1) is 9.58. The molecule has 0 saturated heterocycles. The van der Waals surface area contributed by atoms with Gasteiger partial charge < -0.3 is 0 Å². The SMILES string of the molecule is CC(NN)c1cc2cc(F)ccc2s1. The Balaban J connectivity index is 2.51. The second-order valence-corrected chi connectivity index (χ2v) is 4.33. The number of hydrazine groups is 1. The molecule has 0 aliphatic heterocycles. The molecule has 4 heteroatoms. The van der Waals surface area contributed by atoms with Crippen molar-refractivity contribution in [3.05, 3.63) is 35.0 Å². The maximum Gasteiger partial charge on any atom is 0.123 e. The van der Waals surface area contributed by atoms with Gasteiger partial charge in [-0.25, -0.2) is 4.39 Å². The normalized spacial score (nSPS) is 13.4. The van der Waals surface area contributed by atoms with Gasteiger partial charge >= 0.3 is 0 Å². The molecule has 1 unspecified atom stereocenters. The summed E-state index contributed by atoms with van der Waals surface area (Å²) < 4.78 is 14.0. The summed E-state index contributed by atoms with van der Waals surface area (Å²) >= 11 is 1.63. The summed E-state index contributed by atoms with van der Waals surface area (Å²) in [6.07, 6.45) is 0. The number of thiophene rings is 1. The van der Waals surface area contributed by atoms with Crippen LogP contribution in [0.15, 0.2) is 24.3 Å². The highest BCUT2D eigenvalue weighted by Crippen LogP contribution is 2.29. The molecular formula is C10H11FN2S. The first-order valence-corrected chi connectivity index (χ1v) is 5.17. The van der Waals surface area contributed by atoms with Crippen LogP contribution in [0.3, 0.4) is 0 Å². The third-order valence-electron chi connectivity index (χ3n) is 2.17. The smallest absolute Gasteiger partial charge is 0.123 e. The van der Waals surface area contributed by atoms with E-state index in [1.54, 1.807) is 23.5 Å². The Morgan fingerprint density at radius 3 is 2.93 bits per heavy atom. The molecule has 0 spiro atoms. The Hall–Kier alpha value is -0.970. The van der Waals surface area contributed by atoms with E-state index < -0.39 is 0 Å². The number of nitrogens with two attached hydrogens (primary N) is 1. The summed E-state index contributed by atoms with van der Waals surface area (Å²) in [4.78, 5) is 1.12. The van der Waals surface area contributed by atoms with Crippen molar-refractivity contribution >= 4 is 21.4 Å². The van der Waals surface area contributed by atoms with Crippen LogP contribution in [0.4, 0.5) is 4.39 Å². The van der Waals surface area contributed by atoms with E-state index in [-0.39, 0.29) is 11.9 Å². The van der Waals surface area contributed by atoms with Crippen molar-refractivity contribution in [1.29, 1.82) is 0 Å². The minimum Gasteiger partial charge on any atom is -0.271 e. The van der Waals surface area contributed by atoms with Gasteiger partial charge in [-0.3, -0.25) is 11.3 Å². The fraction of sp³-hybridized carbons (Fsp3) is 0.200. The van der Waals surface area contributed by atoms with Crippen molar-refractivity contribution in [2.24, 2.45) is 5.84 Å². The highest BCUT2D eigenvalue weighted by Gasteiger charge is 2.07. The Morgan fingerprint density at radius 1 is 1.43 bits per heavy atom. The van der Waals surface area contributed by atoms with Crippen LogP contribution in [0.25, 0.3) is 10.1 Å². The maximum atomic E-state index is 12.9. The molecule has 1 aromatic heterocycles. The fourth-order valence-electron chi connectivity index (χ4n) is 1.33. The van der Waals surface area contributed by atoms with Crippen LogP contribution in [-0.4, -0.2) is 0 Å². The average molecular weight is 210 g/mol. The second kappa shape index (κ2) is 3.65. The zero-order valence-electron chi connectivity index (χ0n) is 7.75. The quantitative estimate of drug-likeness (QED) is 0.590. The van der Waals surface area contributed by atoms with Crippen LogP contribution >= 0.6 is 11.3 Å². The van der Waals surface area contributed by atoms with E-state index >= 15 is 0 Å². The van der Waals surface area contributed by atoms with E-state index in [1.807, 2.05) is 13.0 Å². The second-order valence-electron chi connectivity index (χ2n) is 3.22. The van der Waals surface area contributed by atoms with Crippen LogP contribution in [0, 0.1) is 5.82 Å². The lowest BCUT2D eigenvalue weighted by molar-refractivity contribution is 0.612. The van der Waals surface area contributed by atoms with Crippen molar-refractivity contribution in [3.8, 4) is 0 Å². The van der Waals surface area contributed by atoms with Gasteiger partial charge in [0.05, 0.1) is 6.04 Å². The van der Waals surface area contributed by atoms with Crippen LogP contribution in [-0.2, 0) is 0 Å². The number of nitrogens with one attached hydrogen (secondary N) is 1. The largest absolute Gasteiger partial charge is 0.271 e. The van der Waals surface area contributed by atoms with E-state index in [0.717, 1.165) is 15.0 Å². The van der Waals surface area contributed by atoms with Gasteiger partial charge in [0.2, 0.25) is 0 Å². The first-order chi connectivity index (χ1) is 6.70. The van der Waals surface area contributed by atoms with Gasteiger partial charge in [0.1, 0.15) is 5.82 Å². The third kappa shape index (κ3) is 1.64. The molecular weight excluding hydrogens is 199 g/mol. The predicted molar refractivity (Wildman–Crippen MR) is 57.5 cm³/mol. The number of fused-ring (bicyclic) bond motifs is 1. The standard InChI is InChI=1S/C10H11FN2S/c1-6(13-12)10-5-7-4-8(11)2-3-9(7)14-10/h2-6,13H,12H2,1H3. The van der Waals surface area contributed by atoms with Crippen LogP contribution in [0.5, 0.6) is 0 Å². The molecule has 1 atom stereocenters. The van der Waals surface area contributed by atoms with Gasteiger partial charge in [-0.1, -0.05) is 0 Å². The van der Waals surface area contributed by atoms with Gasteiger partial charge in [-0.05, 0) is 36.6 Å². The average Bonchev–Trinajstić information content (AvgIpc) is 2.59. The van der Waals surface area contributed by atoms with Crippen molar-refractivity contribution in [3.63, 3.8) is 0 Å². The van der Waals surface area contributed by atoms with Crippen LogP contribution in [0.2, 0.25) is 0 Å². The van der Waals surface area contributed by atoms with Gasteiger partial charge in [-0.15, -0.1) is 11.3 Å². The summed E-state index contributed by atoms with van der Waals surface area (Å²) in [5.41, 5.74) is 2.67. The minimum absolute atomic E-state index is 0.107. The molecule has 0 radical (unpaired) electrons. The lowest BCUT2D eigenvalue weighted by Crippen LogP contribution is -2.24. The zero-order chi connectivity index (χ0) is 10.1. The van der Waals surface area contributed by atoms with E-state index in [9.17, 15) is 4.39 Å². The molecule has 74 valence electrons. The number of halogens is 1. The Morgan fingerprint density at radius 2 is 2.21 bits per heavy atom. The number of benzene rings is 1. The van der Waals surface area contributed by atoms with Gasteiger partial charge in [-0.2, -0.15) is 0 Å². The Bertz CT molecular complexity index is 452. The molecule has 0 aliphatic carbocycles. The molecule has 2 rings (SSSR count). The molecule has 0 bridgehead atoms. The summed E-state index contributed by atoms with van der Waals surface area (Å²) in [6.45, 7) is 1.97. The predicted octanol–water partition coefficient (Wildman–Crippen LogP) is 2.56. The maximum absolute atomic E-state index is 12.9. The molecule has 14 heavy (non-hydrogen) atoms. The molecule has 2 nitrogen and oxygen atoms in total. The minimum atomic E-state index is -0.199. The molecule has 0 amide bonds. The van der Waals surface area contributed by atoms with Gasteiger partial charge in [0.25, 0.3) is 0 Å². The van der Waals surface area contributed by atoms with Crippen molar-refractivity contribution in [1.82, 2.24) is 5.43 Å². The molecule has 0 saturated carbocycles. The molecule has 2 aromatic rings. The zero-order valence-corrected chi connectivity index (χ0v) is 8.57. The van der Waals surface area contributed by atoms with Gasteiger partial charge in [0.15, 0.2) is 0 Å². The summed E-state index contributed by atoms with van der Waals surface area (Å²) in [7, 11) is 0. The highest BCUT2D eigenvalue weighted by atomic mass is 32.1. The van der Waals surface area contributed by atoms with E-state index in [1.165, 1.54) is 6.07 Å². The topological polar surface area (TPSA) is 38.0 Å². The molecule has 0 fully saturated rings. The van der Waals surface area contributed by atoms with Crippen molar-refractivity contribution in [2.75, 3.05) is 0 Å². The van der Waals surface area contributed by atoms with E-state index in [2.05, 4.69) is 5.43 Å². The van der Waals surface area contributed by atoms with E-state index in [0.29, 0.717) is 0 Å². The fourth-order valence-corrected chi connectivity index (χ4v) is 2.39. The lowest BCUT2D eigenvalue weighted by atomic mass is 10.2. The van der Waals surface area contributed by atoms with Gasteiger partial charge in [0, 0.05) is 9.58 Å². The summed E-state index contributed by atoms with van der Waals surface area (Å²) in [5.74, 6) is 5.14. The lowest BCUT2D eigenvalue weighted by Gasteiger charge is -2.04. The Labute approximate surface area is 85.5 Å². The third-order valence-corrected chi connectivity index (χ3v) is 3.47. The molecule has 1 heterocycles. The highest BCUT2D eigenvalue weighted by molar-refractivity contribution is 7.19. The van der Waals surface area contributed by atoms with Crippen LogP contribution < -0.4 is 11.3 Å². The monoisotopic (exact) mass is 210 g/mol. The number of rotatable bonds is 2. The van der Waals surface area contributed by atoms with Crippen molar-refractivity contribution < 1.29 is 4.39 Å². The Kier molecular flexibility index (Phi) is 2.50. The number of hydrogen-bond acceptors (Lipinski definition) is 3. The molecule has 1 aromatic carbocycles. The molecule has 0 aliphatic rings. The first-order valence-electron chi connectivity index (χ1n) is 4.36. The van der Waals surface area contributed by atoms with E-state index in [4.69, 9.17) is 5.84 Å². The summed E-state index contributed by atoms with van der Waals surface area (Å²) in [6, 6.07) is 6.88. The molecule has 3 N–H and O–H groups in total. The number of hydrogen-bond donors (Lipinski definition) is 2. The summed E-state index contributed by atoms with van der Waals surface area (Å²) in [5, 5.41) is 0.937. The van der Waals surface area contributed by atoms with Crippen LogP contribution in [0.1, 0.15) is 17.8 Å².